The first kappa shape index (κ1) is 19.4. The van der Waals surface area contributed by atoms with E-state index in [4.69, 9.17) is 10.3 Å². The predicted octanol–water partition coefficient (Wildman–Crippen LogP) is 7.93. The van der Waals surface area contributed by atoms with Crippen molar-refractivity contribution in [2.75, 3.05) is 5.01 Å². The monoisotopic (exact) mass is 426 g/mol. The minimum atomic E-state index is 0.906. The van der Waals surface area contributed by atoms with Gasteiger partial charge in [0, 0.05) is 10.8 Å². The molecule has 3 nitrogen and oxygen atoms in total. The Morgan fingerprint density at radius 1 is 0.455 bits per heavy atom. The van der Waals surface area contributed by atoms with Gasteiger partial charge in [-0.3, -0.25) is 5.01 Å². The molecule has 6 aromatic rings. The van der Waals surface area contributed by atoms with Crippen molar-refractivity contribution >= 4 is 33.3 Å². The summed E-state index contributed by atoms with van der Waals surface area (Å²) in [6, 6.07) is 41.4. The highest BCUT2D eigenvalue weighted by molar-refractivity contribution is 6.06. The molecule has 6 rings (SSSR count). The van der Waals surface area contributed by atoms with Crippen molar-refractivity contribution in [1.82, 2.24) is 0 Å². The fraction of sp³-hybridized carbons (Fsp3) is 0. The van der Waals surface area contributed by atoms with Crippen LogP contribution in [0.25, 0.3) is 44.2 Å². The first-order valence-electron chi connectivity index (χ1n) is 11.0. The average molecular weight is 427 g/mol. The van der Waals surface area contributed by atoms with Crippen molar-refractivity contribution in [3.05, 3.63) is 121 Å². The van der Waals surface area contributed by atoms with E-state index in [9.17, 15) is 0 Å². The number of hydrazine groups is 1. The maximum Gasteiger partial charge on any atom is 0.135 e. The molecule has 0 amide bonds. The van der Waals surface area contributed by atoms with Crippen LogP contribution in [-0.2, 0) is 0 Å². The SMILES string of the molecule is NN(c1ccc(-c2ccccc2)cc1)c1ccc(-c2ccc3oc4ccccc4c3c2)cc1. The first-order chi connectivity index (χ1) is 16.3. The van der Waals surface area contributed by atoms with Crippen LogP contribution in [0, 0.1) is 0 Å². The molecule has 0 fully saturated rings. The number of anilines is 2. The van der Waals surface area contributed by atoms with E-state index >= 15 is 0 Å². The molecule has 0 spiro atoms. The lowest BCUT2D eigenvalue weighted by Crippen LogP contribution is -2.24. The van der Waals surface area contributed by atoms with E-state index in [-0.39, 0.29) is 0 Å². The molecule has 1 heterocycles. The third kappa shape index (κ3) is 3.55. The summed E-state index contributed by atoms with van der Waals surface area (Å²) in [6.07, 6.45) is 0. The minimum Gasteiger partial charge on any atom is -0.456 e. The molecular weight excluding hydrogens is 404 g/mol. The fourth-order valence-electron chi connectivity index (χ4n) is 4.31. The van der Waals surface area contributed by atoms with E-state index in [1.807, 2.05) is 54.6 Å². The van der Waals surface area contributed by atoms with Crippen molar-refractivity contribution in [3.63, 3.8) is 0 Å². The van der Waals surface area contributed by atoms with Gasteiger partial charge < -0.3 is 4.42 Å². The second-order valence-corrected chi connectivity index (χ2v) is 8.14. The Labute approximate surface area is 192 Å². The van der Waals surface area contributed by atoms with Gasteiger partial charge in [0.15, 0.2) is 0 Å². The van der Waals surface area contributed by atoms with Crippen LogP contribution in [0.5, 0.6) is 0 Å². The predicted molar refractivity (Wildman–Crippen MR) is 137 cm³/mol. The number of nitrogens with zero attached hydrogens (tertiary/aromatic N) is 1. The zero-order valence-electron chi connectivity index (χ0n) is 18.0. The molecule has 0 bridgehead atoms. The summed E-state index contributed by atoms with van der Waals surface area (Å²) >= 11 is 0. The molecule has 0 aliphatic heterocycles. The molecule has 0 aliphatic rings. The molecule has 0 aliphatic carbocycles. The molecule has 0 saturated carbocycles. The van der Waals surface area contributed by atoms with Gasteiger partial charge in [0.1, 0.15) is 11.2 Å². The van der Waals surface area contributed by atoms with Crippen LogP contribution in [0.3, 0.4) is 0 Å². The quantitative estimate of drug-likeness (QED) is 0.230. The average Bonchev–Trinajstić information content (AvgIpc) is 3.27. The lowest BCUT2D eigenvalue weighted by atomic mass is 10.0. The highest BCUT2D eigenvalue weighted by atomic mass is 16.3. The Hall–Kier alpha value is -4.34. The van der Waals surface area contributed by atoms with Gasteiger partial charge >= 0.3 is 0 Å². The molecule has 33 heavy (non-hydrogen) atoms. The zero-order valence-corrected chi connectivity index (χ0v) is 18.0. The lowest BCUT2D eigenvalue weighted by Gasteiger charge is -2.19. The van der Waals surface area contributed by atoms with Gasteiger partial charge in [0.25, 0.3) is 0 Å². The Bertz CT molecular complexity index is 1550. The van der Waals surface area contributed by atoms with Crippen LogP contribution >= 0.6 is 0 Å². The molecule has 1 aromatic heterocycles. The molecule has 3 heteroatoms. The minimum absolute atomic E-state index is 0.906. The number of rotatable bonds is 4. The van der Waals surface area contributed by atoms with E-state index < -0.39 is 0 Å². The largest absolute Gasteiger partial charge is 0.456 e. The summed E-state index contributed by atoms with van der Waals surface area (Å²) < 4.78 is 5.96. The lowest BCUT2D eigenvalue weighted by molar-refractivity contribution is 0.669. The molecular formula is C30H22N2O. The number of nitrogens with two attached hydrogens (primary N) is 1. The Kier molecular flexibility index (Phi) is 4.68. The molecule has 0 atom stereocenters. The smallest absolute Gasteiger partial charge is 0.135 e. The maximum absolute atomic E-state index is 6.44. The Morgan fingerprint density at radius 2 is 0.970 bits per heavy atom. The van der Waals surface area contributed by atoms with Gasteiger partial charge in [-0.1, -0.05) is 78.9 Å². The van der Waals surface area contributed by atoms with E-state index in [0.717, 1.165) is 44.4 Å². The Morgan fingerprint density at radius 3 is 1.67 bits per heavy atom. The second-order valence-electron chi connectivity index (χ2n) is 8.14. The fourth-order valence-corrected chi connectivity index (χ4v) is 4.31. The normalized spacial score (nSPS) is 11.2. The maximum atomic E-state index is 6.44. The van der Waals surface area contributed by atoms with Crippen LogP contribution in [0.4, 0.5) is 11.4 Å². The number of fused-ring (bicyclic) bond motifs is 3. The third-order valence-electron chi connectivity index (χ3n) is 6.11. The standard InChI is InChI=1S/C30H22N2O/c31-32(25-15-10-22(11-16-25)21-6-2-1-3-7-21)26-17-12-23(13-18-26)24-14-19-30-28(20-24)27-8-4-5-9-29(27)33-30/h1-20H,31H2. The van der Waals surface area contributed by atoms with Crippen molar-refractivity contribution in [2.24, 2.45) is 5.84 Å². The molecule has 158 valence electrons. The van der Waals surface area contributed by atoms with E-state index in [1.54, 1.807) is 5.01 Å². The number of hydrogen-bond acceptors (Lipinski definition) is 3. The molecule has 2 N–H and O–H groups in total. The van der Waals surface area contributed by atoms with Crippen LogP contribution in [0.15, 0.2) is 126 Å². The van der Waals surface area contributed by atoms with Gasteiger partial charge in [0.2, 0.25) is 0 Å². The highest BCUT2D eigenvalue weighted by Gasteiger charge is 2.09. The topological polar surface area (TPSA) is 42.4 Å². The van der Waals surface area contributed by atoms with Crippen molar-refractivity contribution in [2.45, 2.75) is 0 Å². The molecule has 5 aromatic carbocycles. The highest BCUT2D eigenvalue weighted by Crippen LogP contribution is 2.33. The van der Waals surface area contributed by atoms with E-state index in [0.29, 0.717) is 0 Å². The first-order valence-corrected chi connectivity index (χ1v) is 11.0. The van der Waals surface area contributed by atoms with Crippen molar-refractivity contribution in [1.29, 1.82) is 0 Å². The summed E-state index contributed by atoms with van der Waals surface area (Å²) in [5.41, 5.74) is 8.34. The number of para-hydroxylation sites is 1. The van der Waals surface area contributed by atoms with Gasteiger partial charge in [-0.15, -0.1) is 0 Å². The van der Waals surface area contributed by atoms with Gasteiger partial charge in [0.05, 0.1) is 11.4 Å². The van der Waals surface area contributed by atoms with Crippen molar-refractivity contribution in [3.8, 4) is 22.3 Å². The molecule has 0 saturated heterocycles. The van der Waals surface area contributed by atoms with Gasteiger partial charge in [-0.2, -0.15) is 0 Å². The second kappa shape index (κ2) is 7.97. The zero-order chi connectivity index (χ0) is 22.2. The van der Waals surface area contributed by atoms with E-state index in [2.05, 4.69) is 66.7 Å². The summed E-state index contributed by atoms with van der Waals surface area (Å²) in [4.78, 5) is 0. The van der Waals surface area contributed by atoms with Crippen LogP contribution < -0.4 is 10.9 Å². The number of hydrogen-bond donors (Lipinski definition) is 1. The summed E-state index contributed by atoms with van der Waals surface area (Å²) in [7, 11) is 0. The van der Waals surface area contributed by atoms with E-state index in [1.165, 1.54) is 11.1 Å². The summed E-state index contributed by atoms with van der Waals surface area (Å²) in [6.45, 7) is 0. The number of furan rings is 1. The van der Waals surface area contributed by atoms with Gasteiger partial charge in [-0.25, -0.2) is 5.84 Å². The summed E-state index contributed by atoms with van der Waals surface area (Å²) in [5.74, 6) is 6.44. The molecule has 0 radical (unpaired) electrons. The number of benzene rings is 5. The van der Waals surface area contributed by atoms with Crippen LogP contribution in [-0.4, -0.2) is 0 Å². The third-order valence-corrected chi connectivity index (χ3v) is 6.11. The van der Waals surface area contributed by atoms with Gasteiger partial charge in [-0.05, 0) is 64.7 Å². The van der Waals surface area contributed by atoms with Crippen molar-refractivity contribution < 1.29 is 4.42 Å². The van der Waals surface area contributed by atoms with Crippen LogP contribution in [0.1, 0.15) is 0 Å². The van der Waals surface area contributed by atoms with Crippen LogP contribution in [0.2, 0.25) is 0 Å². The molecule has 0 unspecified atom stereocenters. The Balaban J connectivity index is 1.27. The summed E-state index contributed by atoms with van der Waals surface area (Å²) in [5, 5.41) is 3.98.